The molecule has 6 nitrogen and oxygen atoms in total. The van der Waals surface area contributed by atoms with Crippen molar-refractivity contribution in [1.82, 2.24) is 20.1 Å². The van der Waals surface area contributed by atoms with E-state index in [1.165, 1.54) is 11.8 Å². The highest BCUT2D eigenvalue weighted by atomic mass is 32.2. The van der Waals surface area contributed by atoms with Gasteiger partial charge in [0.15, 0.2) is 5.16 Å². The number of hydrogen-bond donors (Lipinski definition) is 2. The van der Waals surface area contributed by atoms with Crippen molar-refractivity contribution < 1.29 is 4.79 Å². The largest absolute Gasteiger partial charge is 0.351 e. The summed E-state index contributed by atoms with van der Waals surface area (Å²) in [5, 5.41) is 9.80. The first-order valence-electron chi connectivity index (χ1n) is 8.29. The third kappa shape index (κ3) is 4.99. The average molecular weight is 348 g/mol. The quantitative estimate of drug-likeness (QED) is 0.683. The number of nitrogens with one attached hydrogen (secondary N) is 2. The van der Waals surface area contributed by atoms with Crippen molar-refractivity contribution in [1.29, 1.82) is 0 Å². The Morgan fingerprint density at radius 1 is 1.33 bits per heavy atom. The number of thioether (sulfide) groups is 1. The van der Waals surface area contributed by atoms with Crippen LogP contribution in [0.2, 0.25) is 0 Å². The minimum Gasteiger partial charge on any atom is -0.351 e. The molecule has 0 aliphatic heterocycles. The lowest BCUT2D eigenvalue weighted by Gasteiger charge is -2.14. The van der Waals surface area contributed by atoms with Gasteiger partial charge >= 0.3 is 5.69 Å². The first kappa shape index (κ1) is 18.3. The maximum atomic E-state index is 12.4. The summed E-state index contributed by atoms with van der Waals surface area (Å²) in [4.78, 5) is 24.3. The van der Waals surface area contributed by atoms with Gasteiger partial charge in [0.25, 0.3) is 0 Å². The molecule has 0 bridgehead atoms. The summed E-state index contributed by atoms with van der Waals surface area (Å²) in [7, 11) is 0. The van der Waals surface area contributed by atoms with Crippen LogP contribution in [-0.4, -0.2) is 25.9 Å². The van der Waals surface area contributed by atoms with Crippen LogP contribution in [0.4, 0.5) is 0 Å². The van der Waals surface area contributed by atoms with Crippen molar-refractivity contribution in [3.8, 4) is 0 Å². The van der Waals surface area contributed by atoms with E-state index in [-0.39, 0.29) is 16.8 Å². The molecule has 0 aliphatic rings. The molecule has 2 rings (SSSR count). The van der Waals surface area contributed by atoms with Crippen LogP contribution in [0.25, 0.3) is 0 Å². The molecule has 0 spiro atoms. The molecule has 1 atom stereocenters. The SMILES string of the molecule is CCCCn1c(SC(CC)C(=O)NCc2ccccc2)n[nH]c1=O. The molecule has 130 valence electrons. The number of unbranched alkanes of at least 4 members (excludes halogenated alkanes) is 1. The zero-order valence-electron chi connectivity index (χ0n) is 14.1. The number of nitrogens with zero attached hydrogens (tertiary/aromatic N) is 2. The van der Waals surface area contributed by atoms with Crippen molar-refractivity contribution in [2.45, 2.75) is 56.6 Å². The fourth-order valence-corrected chi connectivity index (χ4v) is 3.27. The molecule has 1 heterocycles. The Kier molecular flexibility index (Phi) is 7.11. The van der Waals surface area contributed by atoms with Crippen LogP contribution in [0.15, 0.2) is 40.3 Å². The summed E-state index contributed by atoms with van der Waals surface area (Å²) in [6.45, 7) is 5.15. The van der Waals surface area contributed by atoms with Gasteiger partial charge in [0.1, 0.15) is 0 Å². The standard InChI is InChI=1S/C17H24N4O2S/c1-3-5-11-21-16(23)19-20-17(21)24-14(4-2)15(22)18-12-13-9-7-6-8-10-13/h6-10,14H,3-5,11-12H2,1-2H3,(H,18,22)(H,19,23). The van der Waals surface area contributed by atoms with Crippen LogP contribution in [-0.2, 0) is 17.9 Å². The summed E-state index contributed by atoms with van der Waals surface area (Å²) in [5.41, 5.74) is 0.843. The van der Waals surface area contributed by atoms with Crippen LogP contribution in [0.1, 0.15) is 38.7 Å². The van der Waals surface area contributed by atoms with Crippen molar-refractivity contribution in [2.75, 3.05) is 0 Å². The van der Waals surface area contributed by atoms with E-state index in [2.05, 4.69) is 22.4 Å². The lowest BCUT2D eigenvalue weighted by atomic mass is 10.2. The molecular weight excluding hydrogens is 324 g/mol. The Morgan fingerprint density at radius 2 is 2.08 bits per heavy atom. The molecule has 24 heavy (non-hydrogen) atoms. The smallest absolute Gasteiger partial charge is 0.343 e. The van der Waals surface area contributed by atoms with Gasteiger partial charge in [-0.25, -0.2) is 9.89 Å². The van der Waals surface area contributed by atoms with E-state index in [0.29, 0.717) is 24.7 Å². The van der Waals surface area contributed by atoms with Crippen LogP contribution < -0.4 is 11.0 Å². The van der Waals surface area contributed by atoms with E-state index < -0.39 is 0 Å². The fraction of sp³-hybridized carbons (Fsp3) is 0.471. The van der Waals surface area contributed by atoms with Gasteiger partial charge in [-0.2, -0.15) is 0 Å². The summed E-state index contributed by atoms with van der Waals surface area (Å²) in [6.07, 6.45) is 2.57. The number of H-pyrrole nitrogens is 1. The van der Waals surface area contributed by atoms with E-state index in [1.54, 1.807) is 4.57 Å². The fourth-order valence-electron chi connectivity index (χ4n) is 2.25. The van der Waals surface area contributed by atoms with Gasteiger partial charge in [-0.3, -0.25) is 9.36 Å². The Morgan fingerprint density at radius 3 is 2.75 bits per heavy atom. The average Bonchev–Trinajstić information content (AvgIpc) is 2.96. The molecule has 0 fully saturated rings. The third-order valence-electron chi connectivity index (χ3n) is 3.68. The van der Waals surface area contributed by atoms with Crippen LogP contribution >= 0.6 is 11.8 Å². The molecule has 0 radical (unpaired) electrons. The normalized spacial score (nSPS) is 12.1. The second-order valence-electron chi connectivity index (χ2n) is 5.53. The molecule has 2 aromatic rings. The van der Waals surface area contributed by atoms with Gasteiger partial charge in [-0.1, -0.05) is 62.4 Å². The number of aromatic amines is 1. The van der Waals surface area contributed by atoms with Gasteiger partial charge in [0, 0.05) is 13.1 Å². The molecule has 0 aliphatic carbocycles. The van der Waals surface area contributed by atoms with Gasteiger partial charge in [0.2, 0.25) is 5.91 Å². The molecule has 0 saturated carbocycles. The highest BCUT2D eigenvalue weighted by Crippen LogP contribution is 2.23. The summed E-state index contributed by atoms with van der Waals surface area (Å²) in [6, 6.07) is 9.80. The Labute approximate surface area is 146 Å². The van der Waals surface area contributed by atoms with Crippen molar-refractivity contribution in [3.05, 3.63) is 46.4 Å². The van der Waals surface area contributed by atoms with Gasteiger partial charge in [-0.05, 0) is 18.4 Å². The molecular formula is C17H24N4O2S. The predicted octanol–water partition coefficient (Wildman–Crippen LogP) is 2.56. The molecule has 1 unspecified atom stereocenters. The minimum absolute atomic E-state index is 0.0381. The zero-order chi connectivity index (χ0) is 17.4. The number of amides is 1. The van der Waals surface area contributed by atoms with E-state index in [4.69, 9.17) is 0 Å². The molecule has 0 saturated heterocycles. The molecule has 1 amide bonds. The first-order valence-corrected chi connectivity index (χ1v) is 9.17. The Balaban J connectivity index is 1.98. The van der Waals surface area contributed by atoms with E-state index in [9.17, 15) is 9.59 Å². The van der Waals surface area contributed by atoms with Crippen molar-refractivity contribution in [3.63, 3.8) is 0 Å². The summed E-state index contributed by atoms with van der Waals surface area (Å²) < 4.78 is 1.61. The zero-order valence-corrected chi connectivity index (χ0v) is 14.9. The summed E-state index contributed by atoms with van der Waals surface area (Å²) in [5.74, 6) is -0.0381. The first-order chi connectivity index (χ1) is 11.7. The second-order valence-corrected chi connectivity index (χ2v) is 6.70. The van der Waals surface area contributed by atoms with E-state index in [1.807, 2.05) is 37.3 Å². The maximum Gasteiger partial charge on any atom is 0.343 e. The highest BCUT2D eigenvalue weighted by Gasteiger charge is 2.21. The molecule has 7 heteroatoms. The third-order valence-corrected chi connectivity index (χ3v) is 5.03. The van der Waals surface area contributed by atoms with E-state index >= 15 is 0 Å². The molecule has 1 aromatic heterocycles. The number of aromatic nitrogens is 3. The number of rotatable bonds is 9. The Hall–Kier alpha value is -2.02. The number of carbonyl (C=O) groups excluding carboxylic acids is 1. The van der Waals surface area contributed by atoms with Crippen LogP contribution in [0, 0.1) is 0 Å². The van der Waals surface area contributed by atoms with Gasteiger partial charge in [0.05, 0.1) is 5.25 Å². The molecule has 2 N–H and O–H groups in total. The molecule has 1 aromatic carbocycles. The lowest BCUT2D eigenvalue weighted by molar-refractivity contribution is -0.120. The number of hydrogen-bond acceptors (Lipinski definition) is 4. The van der Waals surface area contributed by atoms with Gasteiger partial charge < -0.3 is 5.32 Å². The number of carbonyl (C=O) groups is 1. The number of benzene rings is 1. The van der Waals surface area contributed by atoms with Crippen LogP contribution in [0.5, 0.6) is 0 Å². The highest BCUT2D eigenvalue weighted by molar-refractivity contribution is 8.00. The second kappa shape index (κ2) is 9.32. The predicted molar refractivity (Wildman–Crippen MR) is 96.0 cm³/mol. The van der Waals surface area contributed by atoms with Crippen molar-refractivity contribution in [2.24, 2.45) is 0 Å². The van der Waals surface area contributed by atoms with Gasteiger partial charge in [-0.15, -0.1) is 5.10 Å². The van der Waals surface area contributed by atoms with E-state index in [0.717, 1.165) is 18.4 Å². The maximum absolute atomic E-state index is 12.4. The lowest BCUT2D eigenvalue weighted by Crippen LogP contribution is -2.32. The van der Waals surface area contributed by atoms with Crippen molar-refractivity contribution >= 4 is 17.7 Å². The van der Waals surface area contributed by atoms with Crippen LogP contribution in [0.3, 0.4) is 0 Å². The monoisotopic (exact) mass is 348 g/mol. The Bertz CT molecular complexity index is 696. The topological polar surface area (TPSA) is 79.8 Å². The minimum atomic E-state index is -0.274. The summed E-state index contributed by atoms with van der Waals surface area (Å²) >= 11 is 1.34.